The molecule has 2 atom stereocenters. The van der Waals surface area contributed by atoms with Gasteiger partial charge in [0.1, 0.15) is 0 Å². The first-order valence-corrected chi connectivity index (χ1v) is 10.0. The van der Waals surface area contributed by atoms with E-state index in [-0.39, 0.29) is 0 Å². The predicted molar refractivity (Wildman–Crippen MR) is 95.8 cm³/mol. The summed E-state index contributed by atoms with van der Waals surface area (Å²) >= 11 is 0. The first-order chi connectivity index (χ1) is 10.3. The lowest BCUT2D eigenvalue weighted by Gasteiger charge is -2.28. The molecular weight excluding hydrogens is 254 g/mol. The number of unbranched alkanes of at least 4 members (excludes halogenated alkanes) is 9. The van der Waals surface area contributed by atoms with Crippen LogP contribution >= 0.6 is 0 Å². The molecule has 21 heavy (non-hydrogen) atoms. The van der Waals surface area contributed by atoms with Crippen LogP contribution in [0.4, 0.5) is 0 Å². The minimum atomic E-state index is 0.957. The van der Waals surface area contributed by atoms with E-state index in [1.807, 2.05) is 0 Å². The van der Waals surface area contributed by atoms with E-state index in [1.54, 1.807) is 0 Å². The van der Waals surface area contributed by atoms with Crippen molar-refractivity contribution in [3.05, 3.63) is 0 Å². The normalized spacial score (nSPS) is 22.6. The van der Waals surface area contributed by atoms with Gasteiger partial charge in [0.25, 0.3) is 0 Å². The van der Waals surface area contributed by atoms with Crippen LogP contribution in [0.1, 0.15) is 104 Å². The van der Waals surface area contributed by atoms with Gasteiger partial charge in [-0.3, -0.25) is 0 Å². The zero-order valence-electron chi connectivity index (χ0n) is 15.0. The Hall–Kier alpha value is -0.0400. The molecule has 1 saturated carbocycles. The first-order valence-electron chi connectivity index (χ1n) is 10.0. The van der Waals surface area contributed by atoms with E-state index in [4.69, 9.17) is 0 Å². The second-order valence-electron chi connectivity index (χ2n) is 7.41. The highest BCUT2D eigenvalue weighted by atomic mass is 14.9. The first kappa shape index (κ1) is 19.0. The average Bonchev–Trinajstić information content (AvgIpc) is 2.50. The summed E-state index contributed by atoms with van der Waals surface area (Å²) < 4.78 is 0. The highest BCUT2D eigenvalue weighted by Gasteiger charge is 2.20. The second kappa shape index (κ2) is 13.6. The fourth-order valence-electron chi connectivity index (χ4n) is 3.72. The Morgan fingerprint density at radius 2 is 1.33 bits per heavy atom. The van der Waals surface area contributed by atoms with Crippen molar-refractivity contribution in [1.82, 2.24) is 5.32 Å². The molecule has 126 valence electrons. The molecule has 1 N–H and O–H groups in total. The molecule has 0 aliphatic heterocycles. The van der Waals surface area contributed by atoms with Crippen LogP contribution in [0.3, 0.4) is 0 Å². The molecule has 0 aromatic heterocycles. The molecule has 0 saturated heterocycles. The minimum Gasteiger partial charge on any atom is -0.316 e. The molecule has 1 aliphatic carbocycles. The third kappa shape index (κ3) is 10.3. The van der Waals surface area contributed by atoms with Gasteiger partial charge in [0, 0.05) is 0 Å². The third-order valence-corrected chi connectivity index (χ3v) is 5.40. The lowest BCUT2D eigenvalue weighted by molar-refractivity contribution is 0.248. The van der Waals surface area contributed by atoms with Crippen LogP contribution in [0.5, 0.6) is 0 Å². The van der Waals surface area contributed by atoms with Crippen LogP contribution in [0.15, 0.2) is 0 Å². The molecule has 1 nitrogen and oxygen atoms in total. The Balaban J connectivity index is 1.76. The van der Waals surface area contributed by atoms with Gasteiger partial charge in [0.15, 0.2) is 0 Å². The van der Waals surface area contributed by atoms with Crippen molar-refractivity contribution < 1.29 is 0 Å². The zero-order chi connectivity index (χ0) is 15.2. The summed E-state index contributed by atoms with van der Waals surface area (Å²) in [7, 11) is 0. The van der Waals surface area contributed by atoms with Crippen LogP contribution in [-0.4, -0.2) is 13.1 Å². The Morgan fingerprint density at radius 3 is 1.95 bits per heavy atom. The molecule has 2 unspecified atom stereocenters. The summed E-state index contributed by atoms with van der Waals surface area (Å²) in [5, 5.41) is 3.71. The minimum absolute atomic E-state index is 0.957. The number of nitrogens with one attached hydrogen (secondary N) is 1. The van der Waals surface area contributed by atoms with Gasteiger partial charge in [-0.2, -0.15) is 0 Å². The van der Waals surface area contributed by atoms with Gasteiger partial charge in [-0.25, -0.2) is 0 Å². The van der Waals surface area contributed by atoms with E-state index in [0.717, 1.165) is 11.8 Å². The fourth-order valence-corrected chi connectivity index (χ4v) is 3.72. The van der Waals surface area contributed by atoms with Crippen LogP contribution in [0, 0.1) is 11.8 Å². The average molecular weight is 296 g/mol. The summed E-state index contributed by atoms with van der Waals surface area (Å²) in [6.45, 7) is 7.27. The standard InChI is InChI=1S/C20H41N/c1-3-4-5-6-7-8-9-10-11-14-17-21-18-20-16-13-12-15-19(20)2/h19-21H,3-18H2,1-2H3. The van der Waals surface area contributed by atoms with Crippen molar-refractivity contribution in [2.75, 3.05) is 13.1 Å². The monoisotopic (exact) mass is 295 g/mol. The molecule has 0 aromatic rings. The van der Waals surface area contributed by atoms with Crippen molar-refractivity contribution in [2.24, 2.45) is 11.8 Å². The fraction of sp³-hybridized carbons (Fsp3) is 1.00. The Labute approximate surface area is 134 Å². The maximum Gasteiger partial charge on any atom is -0.00180 e. The van der Waals surface area contributed by atoms with Gasteiger partial charge < -0.3 is 5.32 Å². The van der Waals surface area contributed by atoms with Gasteiger partial charge >= 0.3 is 0 Å². The molecule has 0 bridgehead atoms. The smallest absolute Gasteiger partial charge is 0.00180 e. The van der Waals surface area contributed by atoms with Crippen molar-refractivity contribution in [3.8, 4) is 0 Å². The summed E-state index contributed by atoms with van der Waals surface area (Å²) in [5.74, 6) is 1.92. The molecule has 1 fully saturated rings. The van der Waals surface area contributed by atoms with E-state index >= 15 is 0 Å². The number of hydrogen-bond donors (Lipinski definition) is 1. The van der Waals surface area contributed by atoms with Crippen LogP contribution in [-0.2, 0) is 0 Å². The Morgan fingerprint density at radius 1 is 0.762 bits per heavy atom. The van der Waals surface area contributed by atoms with E-state index in [0.29, 0.717) is 0 Å². The quantitative estimate of drug-likeness (QED) is 0.392. The highest BCUT2D eigenvalue weighted by Crippen LogP contribution is 2.28. The summed E-state index contributed by atoms with van der Waals surface area (Å²) in [4.78, 5) is 0. The molecule has 0 spiro atoms. The van der Waals surface area contributed by atoms with Gasteiger partial charge in [-0.15, -0.1) is 0 Å². The SMILES string of the molecule is CCCCCCCCCCCCNCC1CCCCC1C. The third-order valence-electron chi connectivity index (χ3n) is 5.40. The van der Waals surface area contributed by atoms with Gasteiger partial charge in [0.2, 0.25) is 0 Å². The zero-order valence-corrected chi connectivity index (χ0v) is 15.0. The summed E-state index contributed by atoms with van der Waals surface area (Å²) in [6.07, 6.45) is 20.3. The molecular formula is C20H41N. The van der Waals surface area contributed by atoms with Crippen LogP contribution < -0.4 is 5.32 Å². The lowest BCUT2D eigenvalue weighted by atomic mass is 9.80. The van der Waals surface area contributed by atoms with Crippen molar-refractivity contribution in [1.29, 1.82) is 0 Å². The van der Waals surface area contributed by atoms with Gasteiger partial charge in [0.05, 0.1) is 0 Å². The molecule has 0 amide bonds. The Bertz CT molecular complexity index is 214. The molecule has 1 heteroatoms. The van der Waals surface area contributed by atoms with E-state index in [1.165, 1.54) is 103 Å². The molecule has 1 aliphatic rings. The molecule has 0 heterocycles. The molecule has 0 aromatic carbocycles. The lowest BCUT2D eigenvalue weighted by Crippen LogP contribution is -2.29. The summed E-state index contributed by atoms with van der Waals surface area (Å²) in [6, 6.07) is 0. The van der Waals surface area contributed by atoms with E-state index < -0.39 is 0 Å². The topological polar surface area (TPSA) is 12.0 Å². The van der Waals surface area contributed by atoms with Crippen molar-refractivity contribution in [2.45, 2.75) is 104 Å². The number of rotatable bonds is 13. The summed E-state index contributed by atoms with van der Waals surface area (Å²) in [5.41, 5.74) is 0. The van der Waals surface area contributed by atoms with Gasteiger partial charge in [-0.05, 0) is 37.8 Å². The maximum atomic E-state index is 3.71. The van der Waals surface area contributed by atoms with Crippen molar-refractivity contribution in [3.63, 3.8) is 0 Å². The number of hydrogen-bond acceptors (Lipinski definition) is 1. The maximum absolute atomic E-state index is 3.71. The van der Waals surface area contributed by atoms with Crippen LogP contribution in [0.2, 0.25) is 0 Å². The highest BCUT2D eigenvalue weighted by molar-refractivity contribution is 4.73. The largest absolute Gasteiger partial charge is 0.316 e. The van der Waals surface area contributed by atoms with E-state index in [2.05, 4.69) is 19.2 Å². The van der Waals surface area contributed by atoms with E-state index in [9.17, 15) is 0 Å². The molecule has 1 rings (SSSR count). The van der Waals surface area contributed by atoms with Gasteiger partial charge in [-0.1, -0.05) is 90.9 Å². The Kier molecular flexibility index (Phi) is 12.3. The predicted octanol–water partition coefficient (Wildman–Crippen LogP) is 6.32. The van der Waals surface area contributed by atoms with Crippen molar-refractivity contribution >= 4 is 0 Å². The second-order valence-corrected chi connectivity index (χ2v) is 7.41. The molecule has 0 radical (unpaired) electrons. The van der Waals surface area contributed by atoms with Crippen LogP contribution in [0.25, 0.3) is 0 Å².